The maximum atomic E-state index is 15.0. The molecule has 40 heavy (non-hydrogen) atoms. The highest BCUT2D eigenvalue weighted by Gasteiger charge is 2.58. The summed E-state index contributed by atoms with van der Waals surface area (Å²) in [6.07, 6.45) is -3.99. The molecular formula is C27H30F6N4O3. The van der Waals surface area contributed by atoms with Crippen molar-refractivity contribution in [1.29, 1.82) is 0 Å². The summed E-state index contributed by atoms with van der Waals surface area (Å²) in [6.45, 7) is 5.41. The Kier molecular flexibility index (Phi) is 7.85. The number of fused-ring (bicyclic) bond motifs is 1. The van der Waals surface area contributed by atoms with Crippen molar-refractivity contribution in [3.05, 3.63) is 58.4 Å². The maximum absolute atomic E-state index is 15.0. The van der Waals surface area contributed by atoms with Crippen LogP contribution in [0.3, 0.4) is 0 Å². The molecular weight excluding hydrogens is 542 g/mol. The molecule has 7 nitrogen and oxygen atoms in total. The van der Waals surface area contributed by atoms with E-state index in [-0.39, 0.29) is 36.3 Å². The quantitative estimate of drug-likeness (QED) is 0.462. The number of urea groups is 1. The van der Waals surface area contributed by atoms with Gasteiger partial charge in [-0.2, -0.15) is 13.2 Å². The van der Waals surface area contributed by atoms with Crippen LogP contribution in [0.15, 0.2) is 24.3 Å². The van der Waals surface area contributed by atoms with Crippen LogP contribution in [0.25, 0.3) is 0 Å². The molecule has 1 saturated carbocycles. The molecule has 1 atom stereocenters. The highest BCUT2D eigenvalue weighted by Crippen LogP contribution is 2.53. The summed E-state index contributed by atoms with van der Waals surface area (Å²) in [4.78, 5) is 30.2. The Balaban J connectivity index is 1.89. The SMILES string of the molecule is CCN(CC)C1CC(CN2C(=O)C(O)(c3c(F)cc(F)cc3F)c3c2cc(NC(=O)N(C)C)cc3C(F)(F)F)C1. The molecule has 0 bridgehead atoms. The number of carbonyl (C=O) groups is 2. The number of amides is 3. The average molecular weight is 573 g/mol. The molecule has 1 heterocycles. The molecule has 1 aliphatic heterocycles. The number of alkyl halides is 3. The normalized spacial score (nSPS) is 22.4. The first kappa shape index (κ1) is 29.7. The third kappa shape index (κ3) is 5.00. The highest BCUT2D eigenvalue weighted by molar-refractivity contribution is 6.10. The smallest absolute Gasteiger partial charge is 0.371 e. The lowest BCUT2D eigenvalue weighted by atomic mass is 9.78. The molecule has 1 unspecified atom stereocenters. The van der Waals surface area contributed by atoms with E-state index >= 15 is 0 Å². The first-order valence-electron chi connectivity index (χ1n) is 12.8. The van der Waals surface area contributed by atoms with E-state index in [0.29, 0.717) is 18.9 Å². The van der Waals surface area contributed by atoms with E-state index in [1.165, 1.54) is 14.1 Å². The van der Waals surface area contributed by atoms with Gasteiger partial charge < -0.3 is 25.1 Å². The van der Waals surface area contributed by atoms with Gasteiger partial charge in [-0.05, 0) is 44.0 Å². The molecule has 0 spiro atoms. The number of rotatable bonds is 7. The standard InChI is InChI=1S/C27H30F6N4O3/c1-5-36(6-2)17-7-14(8-17)13-37-21-12-16(34-25(39)35(3)4)11-18(27(31,32)33)22(21)26(40,24(37)38)23-19(29)9-15(28)10-20(23)30/h9-12,14,17,40H,5-8,13H2,1-4H3,(H,34,39). The van der Waals surface area contributed by atoms with Crippen molar-refractivity contribution in [2.45, 2.75) is 44.5 Å². The molecule has 2 N–H and O–H groups in total. The van der Waals surface area contributed by atoms with E-state index in [0.717, 1.165) is 29.0 Å². The molecule has 0 aromatic heterocycles. The second kappa shape index (κ2) is 10.6. The van der Waals surface area contributed by atoms with Crippen molar-refractivity contribution >= 4 is 23.3 Å². The molecule has 1 aliphatic carbocycles. The van der Waals surface area contributed by atoms with E-state index in [4.69, 9.17) is 0 Å². The largest absolute Gasteiger partial charge is 0.416 e. The van der Waals surface area contributed by atoms with Gasteiger partial charge >= 0.3 is 12.2 Å². The zero-order chi connectivity index (χ0) is 29.7. The van der Waals surface area contributed by atoms with Gasteiger partial charge in [0.25, 0.3) is 5.91 Å². The summed E-state index contributed by atoms with van der Waals surface area (Å²) in [7, 11) is 2.73. The second-order valence-corrected chi connectivity index (χ2v) is 10.3. The Morgan fingerprint density at radius 3 is 2.12 bits per heavy atom. The van der Waals surface area contributed by atoms with Crippen LogP contribution in [0.5, 0.6) is 0 Å². The number of benzene rings is 2. The number of nitrogens with one attached hydrogen (secondary N) is 1. The van der Waals surface area contributed by atoms with Gasteiger partial charge in [-0.3, -0.25) is 4.79 Å². The van der Waals surface area contributed by atoms with Crippen molar-refractivity contribution in [1.82, 2.24) is 9.80 Å². The number of hydrogen-bond acceptors (Lipinski definition) is 4. The molecule has 1 fully saturated rings. The van der Waals surface area contributed by atoms with Gasteiger partial charge in [-0.15, -0.1) is 0 Å². The minimum absolute atomic E-state index is 0.140. The van der Waals surface area contributed by atoms with Crippen LogP contribution in [-0.2, 0) is 16.6 Å². The first-order chi connectivity index (χ1) is 18.6. The Labute approximate surface area is 227 Å². The first-order valence-corrected chi connectivity index (χ1v) is 12.8. The Morgan fingerprint density at radius 2 is 1.62 bits per heavy atom. The summed E-state index contributed by atoms with van der Waals surface area (Å²) >= 11 is 0. The molecule has 13 heteroatoms. The lowest BCUT2D eigenvalue weighted by molar-refractivity contribution is -0.142. The lowest BCUT2D eigenvalue weighted by Crippen LogP contribution is -2.50. The van der Waals surface area contributed by atoms with Crippen LogP contribution in [0.1, 0.15) is 43.4 Å². The van der Waals surface area contributed by atoms with Crippen LogP contribution in [0, 0.1) is 23.4 Å². The Morgan fingerprint density at radius 1 is 1.05 bits per heavy atom. The number of nitrogens with zero attached hydrogens (tertiary/aromatic N) is 3. The van der Waals surface area contributed by atoms with E-state index in [2.05, 4.69) is 10.2 Å². The second-order valence-electron chi connectivity index (χ2n) is 10.3. The minimum Gasteiger partial charge on any atom is -0.371 e. The fourth-order valence-corrected chi connectivity index (χ4v) is 5.61. The van der Waals surface area contributed by atoms with Crippen molar-refractivity contribution < 1.29 is 41.0 Å². The van der Waals surface area contributed by atoms with E-state index in [1.807, 2.05) is 13.8 Å². The molecule has 218 valence electrons. The minimum atomic E-state index is -5.22. The van der Waals surface area contributed by atoms with E-state index < -0.39 is 63.5 Å². The number of aliphatic hydroxyl groups is 1. The molecule has 2 aliphatic rings. The predicted molar refractivity (Wildman–Crippen MR) is 135 cm³/mol. The maximum Gasteiger partial charge on any atom is 0.416 e. The van der Waals surface area contributed by atoms with Gasteiger partial charge in [-0.1, -0.05) is 13.8 Å². The summed E-state index contributed by atoms with van der Waals surface area (Å²) in [5.74, 6) is -6.39. The Bertz CT molecular complexity index is 1300. The molecule has 3 amide bonds. The molecule has 0 radical (unpaired) electrons. The average Bonchev–Trinajstić information content (AvgIpc) is 3.03. The topological polar surface area (TPSA) is 76.1 Å². The summed E-state index contributed by atoms with van der Waals surface area (Å²) < 4.78 is 87.0. The van der Waals surface area contributed by atoms with Crippen LogP contribution in [-0.4, -0.2) is 66.6 Å². The zero-order valence-corrected chi connectivity index (χ0v) is 22.4. The van der Waals surface area contributed by atoms with E-state index in [1.54, 1.807) is 0 Å². The monoisotopic (exact) mass is 572 g/mol. The van der Waals surface area contributed by atoms with Gasteiger partial charge in [0, 0.05) is 50.1 Å². The zero-order valence-electron chi connectivity index (χ0n) is 22.4. The van der Waals surface area contributed by atoms with Gasteiger partial charge in [0.15, 0.2) is 0 Å². The molecule has 2 aromatic carbocycles. The van der Waals surface area contributed by atoms with Crippen LogP contribution < -0.4 is 10.2 Å². The molecule has 4 rings (SSSR count). The van der Waals surface area contributed by atoms with Gasteiger partial charge in [-0.25, -0.2) is 18.0 Å². The summed E-state index contributed by atoms with van der Waals surface area (Å²) in [5.41, 5.74) is -8.32. The fraction of sp³-hybridized carbons (Fsp3) is 0.481. The molecule has 2 aromatic rings. The third-order valence-electron chi connectivity index (χ3n) is 7.64. The summed E-state index contributed by atoms with van der Waals surface area (Å²) in [6, 6.07) is 1.34. The number of anilines is 2. The number of halogens is 6. The van der Waals surface area contributed by atoms with Crippen molar-refractivity contribution in [3.8, 4) is 0 Å². The van der Waals surface area contributed by atoms with Crippen molar-refractivity contribution in [2.75, 3.05) is 43.9 Å². The van der Waals surface area contributed by atoms with Gasteiger partial charge in [0.2, 0.25) is 5.60 Å². The predicted octanol–water partition coefficient (Wildman–Crippen LogP) is 4.92. The number of hydrogen-bond donors (Lipinski definition) is 2. The third-order valence-corrected chi connectivity index (χ3v) is 7.64. The van der Waals surface area contributed by atoms with Crippen LogP contribution >= 0.6 is 0 Å². The van der Waals surface area contributed by atoms with E-state index in [9.17, 15) is 41.0 Å². The van der Waals surface area contributed by atoms with Gasteiger partial charge in [0.05, 0.1) is 16.8 Å². The van der Waals surface area contributed by atoms with Crippen LogP contribution in [0.2, 0.25) is 0 Å². The Hall–Kier alpha value is -3.32. The fourth-order valence-electron chi connectivity index (χ4n) is 5.61. The number of carbonyl (C=O) groups excluding carboxylic acids is 2. The van der Waals surface area contributed by atoms with Crippen molar-refractivity contribution in [2.24, 2.45) is 5.92 Å². The van der Waals surface area contributed by atoms with Crippen molar-refractivity contribution in [3.63, 3.8) is 0 Å². The lowest BCUT2D eigenvalue weighted by Gasteiger charge is -2.43. The highest BCUT2D eigenvalue weighted by atomic mass is 19.4. The van der Waals surface area contributed by atoms with Gasteiger partial charge in [0.1, 0.15) is 17.5 Å². The summed E-state index contributed by atoms with van der Waals surface area (Å²) in [5, 5.41) is 13.9. The van der Waals surface area contributed by atoms with Crippen LogP contribution in [0.4, 0.5) is 42.5 Å². The molecule has 0 saturated heterocycles.